The summed E-state index contributed by atoms with van der Waals surface area (Å²) in [7, 11) is -3.08. The molecule has 0 aliphatic carbocycles. The minimum Gasteiger partial charge on any atom is -0.418 e. The van der Waals surface area contributed by atoms with Gasteiger partial charge in [-0.1, -0.05) is 0 Å². The number of carbonyl (C=O) groups excluding carboxylic acids is 1. The smallest absolute Gasteiger partial charge is 0.247 e. The van der Waals surface area contributed by atoms with Gasteiger partial charge in [0.05, 0.1) is 17.4 Å². The van der Waals surface area contributed by atoms with Crippen molar-refractivity contribution in [2.45, 2.75) is 6.42 Å². The van der Waals surface area contributed by atoms with E-state index in [9.17, 15) is 13.2 Å². The molecule has 4 rings (SSSR count). The largest absolute Gasteiger partial charge is 0.418 e. The summed E-state index contributed by atoms with van der Waals surface area (Å²) in [5.74, 6) is -0.288. The number of aromatic nitrogens is 2. The summed E-state index contributed by atoms with van der Waals surface area (Å²) in [6, 6.07) is 10.6. The van der Waals surface area contributed by atoms with Gasteiger partial charge in [0.1, 0.15) is 5.52 Å². The fraction of sp³-hybridized carbons (Fsp3) is 0.235. The molecule has 1 aliphatic heterocycles. The van der Waals surface area contributed by atoms with Crippen molar-refractivity contribution >= 4 is 32.7 Å². The Hall–Kier alpha value is -2.74. The fourth-order valence-corrected chi connectivity index (χ4v) is 4.58. The molecular weight excluding hydrogens is 342 g/mol. The second kappa shape index (κ2) is 5.96. The van der Waals surface area contributed by atoms with E-state index in [0.29, 0.717) is 29.2 Å². The molecule has 1 fully saturated rings. The van der Waals surface area contributed by atoms with Gasteiger partial charge in [0, 0.05) is 17.4 Å². The number of oxazole rings is 1. The van der Waals surface area contributed by atoms with Crippen LogP contribution in [0.2, 0.25) is 0 Å². The number of hydrogen-bond donors (Lipinski definition) is 1. The molecule has 128 valence electrons. The molecule has 25 heavy (non-hydrogen) atoms. The van der Waals surface area contributed by atoms with Crippen molar-refractivity contribution in [3.63, 3.8) is 0 Å². The van der Waals surface area contributed by atoms with Crippen molar-refractivity contribution in [2.24, 2.45) is 5.92 Å². The molecule has 1 aliphatic rings. The van der Waals surface area contributed by atoms with Gasteiger partial charge in [0.2, 0.25) is 17.5 Å². The number of anilines is 1. The number of fused-ring (bicyclic) bond motifs is 1. The molecule has 8 heteroatoms. The Morgan fingerprint density at radius 1 is 1.20 bits per heavy atom. The number of carbonyl (C=O) groups is 1. The first-order valence-corrected chi connectivity index (χ1v) is 9.66. The molecule has 1 N–H and O–H groups in total. The molecule has 0 radical (unpaired) electrons. The Bertz CT molecular complexity index is 1010. The highest BCUT2D eigenvalue weighted by molar-refractivity contribution is 7.91. The second-order valence-corrected chi connectivity index (χ2v) is 8.24. The summed E-state index contributed by atoms with van der Waals surface area (Å²) in [5.41, 5.74) is 2.52. The highest BCUT2D eigenvalue weighted by Crippen LogP contribution is 2.25. The zero-order valence-electron chi connectivity index (χ0n) is 13.2. The Morgan fingerprint density at radius 2 is 2.00 bits per heavy atom. The Kier molecular flexibility index (Phi) is 3.76. The summed E-state index contributed by atoms with van der Waals surface area (Å²) < 4.78 is 28.5. The van der Waals surface area contributed by atoms with Gasteiger partial charge in [-0.2, -0.15) is 0 Å². The quantitative estimate of drug-likeness (QED) is 0.771. The number of hydrogen-bond acceptors (Lipinski definition) is 6. The molecule has 1 aromatic carbocycles. The van der Waals surface area contributed by atoms with Gasteiger partial charge in [0.25, 0.3) is 0 Å². The molecule has 0 bridgehead atoms. The van der Waals surface area contributed by atoms with Crippen LogP contribution in [0.1, 0.15) is 6.42 Å². The first-order chi connectivity index (χ1) is 12.0. The van der Waals surface area contributed by atoms with E-state index >= 15 is 0 Å². The van der Waals surface area contributed by atoms with E-state index in [-0.39, 0.29) is 17.4 Å². The molecule has 0 saturated carbocycles. The fourth-order valence-electron chi connectivity index (χ4n) is 2.84. The maximum Gasteiger partial charge on any atom is 0.247 e. The van der Waals surface area contributed by atoms with Gasteiger partial charge < -0.3 is 9.73 Å². The first kappa shape index (κ1) is 15.8. The predicted octanol–water partition coefficient (Wildman–Crippen LogP) is 2.26. The van der Waals surface area contributed by atoms with Crippen LogP contribution in [0.15, 0.2) is 47.0 Å². The topological polar surface area (TPSA) is 102 Å². The molecule has 1 saturated heterocycles. The third-order valence-corrected chi connectivity index (χ3v) is 5.94. The van der Waals surface area contributed by atoms with E-state index in [0.717, 1.165) is 5.56 Å². The highest BCUT2D eigenvalue weighted by atomic mass is 32.2. The van der Waals surface area contributed by atoms with Gasteiger partial charge in [-0.05, 0) is 42.8 Å². The van der Waals surface area contributed by atoms with Crippen molar-refractivity contribution in [1.82, 2.24) is 9.97 Å². The molecule has 1 unspecified atom stereocenters. The molecule has 3 aromatic rings. The second-order valence-electron chi connectivity index (χ2n) is 6.01. The van der Waals surface area contributed by atoms with Crippen LogP contribution in [-0.2, 0) is 14.6 Å². The number of amides is 1. The van der Waals surface area contributed by atoms with Crippen LogP contribution in [0.25, 0.3) is 22.7 Å². The average Bonchev–Trinajstić information content (AvgIpc) is 3.18. The third-order valence-electron chi connectivity index (χ3n) is 4.17. The van der Waals surface area contributed by atoms with Crippen molar-refractivity contribution in [1.29, 1.82) is 0 Å². The van der Waals surface area contributed by atoms with Gasteiger partial charge in [-0.15, -0.1) is 0 Å². The summed E-state index contributed by atoms with van der Waals surface area (Å²) in [4.78, 5) is 20.6. The first-order valence-electron chi connectivity index (χ1n) is 7.83. The number of rotatable bonds is 3. The highest BCUT2D eigenvalue weighted by Gasteiger charge is 2.32. The number of nitrogens with zero attached hydrogens (tertiary/aromatic N) is 2. The minimum absolute atomic E-state index is 0.0766. The van der Waals surface area contributed by atoms with E-state index in [4.69, 9.17) is 4.42 Å². The number of benzene rings is 1. The van der Waals surface area contributed by atoms with Gasteiger partial charge in [-0.25, -0.2) is 18.4 Å². The monoisotopic (exact) mass is 357 g/mol. The Morgan fingerprint density at radius 3 is 2.68 bits per heavy atom. The van der Waals surface area contributed by atoms with Crippen molar-refractivity contribution in [3.8, 4) is 11.5 Å². The van der Waals surface area contributed by atoms with E-state index in [1.54, 1.807) is 36.5 Å². The zero-order chi connectivity index (χ0) is 17.4. The van der Waals surface area contributed by atoms with E-state index in [2.05, 4.69) is 15.3 Å². The van der Waals surface area contributed by atoms with Crippen molar-refractivity contribution in [3.05, 3.63) is 42.6 Å². The average molecular weight is 357 g/mol. The lowest BCUT2D eigenvalue weighted by Crippen LogP contribution is -2.23. The van der Waals surface area contributed by atoms with Crippen molar-refractivity contribution in [2.75, 3.05) is 16.8 Å². The number of nitrogens with one attached hydrogen (secondary N) is 1. The van der Waals surface area contributed by atoms with Crippen LogP contribution in [0.5, 0.6) is 0 Å². The van der Waals surface area contributed by atoms with E-state index in [1.165, 1.54) is 0 Å². The molecule has 1 amide bonds. The lowest BCUT2D eigenvalue weighted by atomic mass is 10.1. The standard InChI is InChI=1S/C17H15N3O4S/c21-15(12-7-9-25(22,23)10-12)19-13-5-3-11(4-6-13)16-20-14-2-1-8-18-17(14)24-16/h1-6,8,12H,7,9-10H2,(H,19,21). The molecular formula is C17H15N3O4S. The van der Waals surface area contributed by atoms with Gasteiger partial charge >= 0.3 is 0 Å². The minimum atomic E-state index is -3.08. The Balaban J connectivity index is 1.49. The van der Waals surface area contributed by atoms with Gasteiger partial charge in [-0.3, -0.25) is 4.79 Å². The van der Waals surface area contributed by atoms with E-state index in [1.807, 2.05) is 6.07 Å². The SMILES string of the molecule is O=C(Nc1ccc(-c2nc3cccnc3o2)cc1)C1CCS(=O)(=O)C1. The maximum atomic E-state index is 12.2. The van der Waals surface area contributed by atoms with Crippen LogP contribution in [0.4, 0.5) is 5.69 Å². The Labute approximate surface area is 144 Å². The molecule has 3 heterocycles. The van der Waals surface area contributed by atoms with Crippen LogP contribution in [0.3, 0.4) is 0 Å². The predicted molar refractivity (Wildman–Crippen MR) is 92.6 cm³/mol. The molecule has 1 atom stereocenters. The zero-order valence-corrected chi connectivity index (χ0v) is 14.0. The lowest BCUT2D eigenvalue weighted by molar-refractivity contribution is -0.119. The summed E-state index contributed by atoms with van der Waals surface area (Å²) in [5, 5.41) is 2.76. The number of sulfone groups is 1. The normalized spacial score (nSPS) is 19.1. The van der Waals surface area contributed by atoms with Crippen LogP contribution >= 0.6 is 0 Å². The molecule has 0 spiro atoms. The third kappa shape index (κ3) is 3.25. The molecule has 2 aromatic heterocycles. The van der Waals surface area contributed by atoms with Gasteiger partial charge in [0.15, 0.2) is 9.84 Å². The number of pyridine rings is 1. The summed E-state index contributed by atoms with van der Waals surface area (Å²) in [6.07, 6.45) is 2.02. The van der Waals surface area contributed by atoms with Crippen molar-refractivity contribution < 1.29 is 17.6 Å². The summed E-state index contributed by atoms with van der Waals surface area (Å²) in [6.45, 7) is 0. The van der Waals surface area contributed by atoms with Crippen LogP contribution in [0, 0.1) is 5.92 Å². The summed E-state index contributed by atoms with van der Waals surface area (Å²) >= 11 is 0. The van der Waals surface area contributed by atoms with Crippen LogP contribution in [-0.4, -0.2) is 35.8 Å². The van der Waals surface area contributed by atoms with E-state index < -0.39 is 15.8 Å². The lowest BCUT2D eigenvalue weighted by Gasteiger charge is -2.09. The van der Waals surface area contributed by atoms with Crippen LogP contribution < -0.4 is 5.32 Å². The maximum absolute atomic E-state index is 12.2. The molecule has 7 nitrogen and oxygen atoms in total.